The predicted octanol–water partition coefficient (Wildman–Crippen LogP) is 3.39. The average Bonchev–Trinajstić information content (AvgIpc) is 2.28. The first-order chi connectivity index (χ1) is 8.32. The smallest absolute Gasteiger partial charge is 0.109 e. The SMILES string of the molecule is CCC(C)(C)OC1CCCC(C#N)(NC(C)C)C1. The zero-order valence-electron chi connectivity index (χ0n) is 12.5. The van der Waals surface area contributed by atoms with Gasteiger partial charge in [-0.3, -0.25) is 5.32 Å². The summed E-state index contributed by atoms with van der Waals surface area (Å²) in [5, 5.41) is 12.9. The minimum Gasteiger partial charge on any atom is -0.372 e. The van der Waals surface area contributed by atoms with Crippen LogP contribution >= 0.6 is 0 Å². The highest BCUT2D eigenvalue weighted by molar-refractivity contribution is 5.11. The lowest BCUT2D eigenvalue weighted by atomic mass is 9.80. The van der Waals surface area contributed by atoms with Crippen LogP contribution in [0, 0.1) is 11.3 Å². The summed E-state index contributed by atoms with van der Waals surface area (Å²) < 4.78 is 6.18. The average molecular weight is 252 g/mol. The first kappa shape index (κ1) is 15.5. The second kappa shape index (κ2) is 6.04. The number of nitrogens with one attached hydrogen (secondary N) is 1. The number of nitrogens with zero attached hydrogens (tertiary/aromatic N) is 1. The van der Waals surface area contributed by atoms with Crippen LogP contribution in [0.1, 0.15) is 66.7 Å². The first-order valence-corrected chi connectivity index (χ1v) is 7.19. The van der Waals surface area contributed by atoms with Crippen molar-refractivity contribution in [1.82, 2.24) is 5.32 Å². The maximum absolute atomic E-state index is 9.50. The summed E-state index contributed by atoms with van der Waals surface area (Å²) >= 11 is 0. The van der Waals surface area contributed by atoms with Gasteiger partial charge in [0.25, 0.3) is 0 Å². The molecular formula is C15H28N2O. The maximum Gasteiger partial charge on any atom is 0.109 e. The van der Waals surface area contributed by atoms with E-state index < -0.39 is 0 Å². The van der Waals surface area contributed by atoms with Crippen molar-refractivity contribution in [1.29, 1.82) is 5.26 Å². The molecule has 104 valence electrons. The summed E-state index contributed by atoms with van der Waals surface area (Å²) in [4.78, 5) is 0. The van der Waals surface area contributed by atoms with Crippen molar-refractivity contribution in [3.8, 4) is 6.07 Å². The van der Waals surface area contributed by atoms with Crippen molar-refractivity contribution in [2.75, 3.05) is 0 Å². The van der Waals surface area contributed by atoms with Crippen LogP contribution in [0.3, 0.4) is 0 Å². The fourth-order valence-corrected chi connectivity index (χ4v) is 2.68. The molecule has 1 saturated carbocycles. The van der Waals surface area contributed by atoms with Crippen LogP contribution in [-0.4, -0.2) is 23.3 Å². The highest BCUT2D eigenvalue weighted by Gasteiger charge is 2.38. The number of hydrogen-bond acceptors (Lipinski definition) is 3. The van der Waals surface area contributed by atoms with E-state index >= 15 is 0 Å². The molecule has 1 N–H and O–H groups in total. The zero-order chi connectivity index (χ0) is 13.8. The molecule has 3 heteroatoms. The molecule has 18 heavy (non-hydrogen) atoms. The van der Waals surface area contributed by atoms with E-state index in [2.05, 4.69) is 46.0 Å². The van der Waals surface area contributed by atoms with Gasteiger partial charge in [0.1, 0.15) is 5.54 Å². The van der Waals surface area contributed by atoms with E-state index in [1.165, 1.54) is 0 Å². The summed E-state index contributed by atoms with van der Waals surface area (Å²) in [6.07, 6.45) is 5.10. The second-order valence-electron chi connectivity index (χ2n) is 6.44. The lowest BCUT2D eigenvalue weighted by molar-refractivity contribution is -0.0949. The molecule has 0 saturated heterocycles. The van der Waals surface area contributed by atoms with Crippen molar-refractivity contribution in [3.05, 3.63) is 0 Å². The second-order valence-corrected chi connectivity index (χ2v) is 6.44. The Morgan fingerprint density at radius 3 is 2.67 bits per heavy atom. The molecule has 0 radical (unpaired) electrons. The number of rotatable bonds is 5. The zero-order valence-corrected chi connectivity index (χ0v) is 12.5. The molecule has 2 atom stereocenters. The van der Waals surface area contributed by atoms with E-state index in [0.29, 0.717) is 6.04 Å². The van der Waals surface area contributed by atoms with E-state index in [0.717, 1.165) is 32.1 Å². The Morgan fingerprint density at radius 1 is 1.50 bits per heavy atom. The monoisotopic (exact) mass is 252 g/mol. The lowest BCUT2D eigenvalue weighted by Gasteiger charge is -2.40. The van der Waals surface area contributed by atoms with E-state index in [-0.39, 0.29) is 17.2 Å². The summed E-state index contributed by atoms with van der Waals surface area (Å²) in [6, 6.07) is 2.83. The van der Waals surface area contributed by atoms with Gasteiger partial charge in [-0.25, -0.2) is 0 Å². The Labute approximate surface area is 112 Å². The molecule has 0 aromatic carbocycles. The predicted molar refractivity (Wildman–Crippen MR) is 74.3 cm³/mol. The highest BCUT2D eigenvalue weighted by atomic mass is 16.5. The van der Waals surface area contributed by atoms with E-state index in [4.69, 9.17) is 4.74 Å². The Bertz CT molecular complexity index is 306. The third-order valence-corrected chi connectivity index (χ3v) is 3.82. The Kier molecular flexibility index (Phi) is 5.19. The minimum atomic E-state index is -0.388. The van der Waals surface area contributed by atoms with Gasteiger partial charge in [0.05, 0.1) is 17.8 Å². The summed E-state index contributed by atoms with van der Waals surface area (Å²) in [6.45, 7) is 10.6. The van der Waals surface area contributed by atoms with Gasteiger partial charge in [-0.2, -0.15) is 5.26 Å². The quantitative estimate of drug-likeness (QED) is 0.815. The lowest BCUT2D eigenvalue weighted by Crippen LogP contribution is -2.52. The van der Waals surface area contributed by atoms with Crippen LogP contribution < -0.4 is 5.32 Å². The summed E-state index contributed by atoms with van der Waals surface area (Å²) in [5.41, 5.74) is -0.470. The van der Waals surface area contributed by atoms with E-state index in [1.54, 1.807) is 0 Å². The van der Waals surface area contributed by atoms with E-state index in [1.807, 2.05) is 0 Å². The standard InChI is InChI=1S/C15H28N2O/c1-6-14(4,5)18-13-8-7-9-15(10-13,11-16)17-12(2)3/h12-13,17H,6-10H2,1-5H3. The number of ether oxygens (including phenoxy) is 1. The fourth-order valence-electron chi connectivity index (χ4n) is 2.68. The molecule has 0 amide bonds. The molecule has 0 bridgehead atoms. The van der Waals surface area contributed by atoms with Gasteiger partial charge in [-0.15, -0.1) is 0 Å². The van der Waals surface area contributed by atoms with Gasteiger partial charge in [-0.05, 0) is 53.4 Å². The largest absolute Gasteiger partial charge is 0.372 e. The Morgan fingerprint density at radius 2 is 2.17 bits per heavy atom. The third-order valence-electron chi connectivity index (χ3n) is 3.82. The van der Waals surface area contributed by atoms with Crippen molar-refractivity contribution >= 4 is 0 Å². The molecule has 0 spiro atoms. The first-order valence-electron chi connectivity index (χ1n) is 7.19. The Balaban J connectivity index is 2.67. The van der Waals surface area contributed by atoms with Gasteiger partial charge >= 0.3 is 0 Å². The van der Waals surface area contributed by atoms with E-state index in [9.17, 15) is 5.26 Å². The van der Waals surface area contributed by atoms with Crippen molar-refractivity contribution in [2.24, 2.45) is 0 Å². The number of nitriles is 1. The van der Waals surface area contributed by atoms with Gasteiger partial charge in [-0.1, -0.05) is 6.92 Å². The fraction of sp³-hybridized carbons (Fsp3) is 0.933. The minimum absolute atomic E-state index is 0.0823. The van der Waals surface area contributed by atoms with Crippen LogP contribution in [-0.2, 0) is 4.74 Å². The third kappa shape index (κ3) is 4.26. The molecule has 0 aliphatic heterocycles. The van der Waals surface area contributed by atoms with Crippen LogP contribution in [0.5, 0.6) is 0 Å². The molecule has 0 aromatic rings. The summed E-state index contributed by atoms with van der Waals surface area (Å²) in [5.74, 6) is 0. The molecule has 2 unspecified atom stereocenters. The Hall–Kier alpha value is -0.590. The molecule has 0 heterocycles. The van der Waals surface area contributed by atoms with Crippen molar-refractivity contribution in [2.45, 2.75) is 90.0 Å². The van der Waals surface area contributed by atoms with Crippen molar-refractivity contribution in [3.63, 3.8) is 0 Å². The van der Waals surface area contributed by atoms with Gasteiger partial charge in [0.2, 0.25) is 0 Å². The van der Waals surface area contributed by atoms with Gasteiger partial charge in [0.15, 0.2) is 0 Å². The highest BCUT2D eigenvalue weighted by Crippen LogP contribution is 2.33. The van der Waals surface area contributed by atoms with Crippen molar-refractivity contribution < 1.29 is 4.74 Å². The van der Waals surface area contributed by atoms with Crippen LogP contribution in [0.4, 0.5) is 0 Å². The normalized spacial score (nSPS) is 29.3. The summed E-state index contributed by atoms with van der Waals surface area (Å²) in [7, 11) is 0. The van der Waals surface area contributed by atoms with Gasteiger partial charge < -0.3 is 4.74 Å². The van der Waals surface area contributed by atoms with Crippen LogP contribution in [0.25, 0.3) is 0 Å². The molecular weight excluding hydrogens is 224 g/mol. The molecule has 0 aromatic heterocycles. The molecule has 1 fully saturated rings. The number of hydrogen-bond donors (Lipinski definition) is 1. The molecule has 1 rings (SSSR count). The molecule has 1 aliphatic rings. The van der Waals surface area contributed by atoms with Gasteiger partial charge in [0, 0.05) is 12.5 Å². The maximum atomic E-state index is 9.50. The molecule has 1 aliphatic carbocycles. The molecule has 3 nitrogen and oxygen atoms in total. The topological polar surface area (TPSA) is 45.0 Å². The van der Waals surface area contributed by atoms with Crippen LogP contribution in [0.15, 0.2) is 0 Å². The van der Waals surface area contributed by atoms with Crippen LogP contribution in [0.2, 0.25) is 0 Å².